The molecule has 3 aromatic rings. The second kappa shape index (κ2) is 7.28. The van der Waals surface area contributed by atoms with Crippen molar-refractivity contribution in [2.24, 2.45) is 0 Å². The van der Waals surface area contributed by atoms with E-state index in [4.69, 9.17) is 5.26 Å². The fourth-order valence-corrected chi connectivity index (χ4v) is 2.28. The number of pyridine rings is 1. The highest BCUT2D eigenvalue weighted by atomic mass is 16.1. The van der Waals surface area contributed by atoms with Gasteiger partial charge in [0.15, 0.2) is 0 Å². The maximum Gasteiger partial charge on any atom is 0.256 e. The minimum atomic E-state index is -0.206. The normalized spacial score (nSPS) is 9.92. The van der Waals surface area contributed by atoms with Gasteiger partial charge in [-0.3, -0.25) is 4.79 Å². The summed E-state index contributed by atoms with van der Waals surface area (Å²) in [5, 5.41) is 15.0. The Morgan fingerprint density at radius 3 is 2.48 bits per heavy atom. The lowest BCUT2D eigenvalue weighted by Gasteiger charge is -2.09. The van der Waals surface area contributed by atoms with E-state index < -0.39 is 0 Å². The number of carbonyl (C=O) groups is 1. The van der Waals surface area contributed by atoms with Gasteiger partial charge in [0.05, 0.1) is 23.1 Å². The van der Waals surface area contributed by atoms with Crippen LogP contribution in [-0.2, 0) is 0 Å². The van der Waals surface area contributed by atoms with Crippen molar-refractivity contribution in [2.75, 3.05) is 10.6 Å². The number of anilines is 3. The predicted octanol–water partition coefficient (Wildman–Crippen LogP) is 4.26. The van der Waals surface area contributed by atoms with Crippen LogP contribution in [0, 0.1) is 18.3 Å². The van der Waals surface area contributed by atoms with Crippen molar-refractivity contribution in [3.8, 4) is 6.07 Å². The number of hydrogen-bond acceptors (Lipinski definition) is 4. The molecule has 5 nitrogen and oxygen atoms in total. The van der Waals surface area contributed by atoms with Crippen molar-refractivity contribution in [3.05, 3.63) is 83.6 Å². The molecule has 0 fully saturated rings. The van der Waals surface area contributed by atoms with Crippen LogP contribution in [0.5, 0.6) is 0 Å². The van der Waals surface area contributed by atoms with Gasteiger partial charge in [0.1, 0.15) is 11.9 Å². The highest BCUT2D eigenvalue weighted by Crippen LogP contribution is 2.20. The van der Waals surface area contributed by atoms with E-state index >= 15 is 0 Å². The van der Waals surface area contributed by atoms with Gasteiger partial charge in [0.25, 0.3) is 5.91 Å². The van der Waals surface area contributed by atoms with Crippen LogP contribution in [0.3, 0.4) is 0 Å². The summed E-state index contributed by atoms with van der Waals surface area (Å²) in [5.41, 5.74) is 3.68. The third kappa shape index (κ3) is 4.01. The molecule has 0 radical (unpaired) electrons. The number of rotatable bonds is 4. The molecule has 5 heteroatoms. The lowest BCUT2D eigenvalue weighted by Crippen LogP contribution is -2.12. The van der Waals surface area contributed by atoms with Gasteiger partial charge in [-0.25, -0.2) is 4.98 Å². The Kier molecular flexibility index (Phi) is 4.72. The van der Waals surface area contributed by atoms with Crippen molar-refractivity contribution in [1.29, 1.82) is 5.26 Å². The topological polar surface area (TPSA) is 77.8 Å². The zero-order chi connectivity index (χ0) is 17.6. The molecule has 0 aliphatic rings. The van der Waals surface area contributed by atoms with E-state index in [1.54, 1.807) is 36.5 Å². The van der Waals surface area contributed by atoms with Gasteiger partial charge >= 0.3 is 0 Å². The van der Waals surface area contributed by atoms with Crippen molar-refractivity contribution in [1.82, 2.24) is 4.98 Å². The first kappa shape index (κ1) is 16.2. The van der Waals surface area contributed by atoms with Crippen LogP contribution in [0.4, 0.5) is 17.2 Å². The van der Waals surface area contributed by atoms with E-state index in [-0.39, 0.29) is 5.91 Å². The second-order valence-electron chi connectivity index (χ2n) is 5.53. The molecule has 3 rings (SSSR count). The third-order valence-electron chi connectivity index (χ3n) is 3.65. The number of aromatic nitrogens is 1. The smallest absolute Gasteiger partial charge is 0.256 e. The van der Waals surface area contributed by atoms with Crippen LogP contribution in [-0.4, -0.2) is 10.9 Å². The number of nitriles is 1. The van der Waals surface area contributed by atoms with Crippen molar-refractivity contribution >= 4 is 23.1 Å². The van der Waals surface area contributed by atoms with Crippen LogP contribution in [0.2, 0.25) is 0 Å². The Labute approximate surface area is 146 Å². The standard InChI is InChI=1S/C20H16N4O/c1-14-6-8-15(9-7-14)20(25)24-19-11-10-17(13-22-19)23-18-5-3-2-4-16(18)12-21/h2-11,13,23H,1H3,(H,22,24,25). The van der Waals surface area contributed by atoms with Gasteiger partial charge in [-0.15, -0.1) is 0 Å². The predicted molar refractivity (Wildman–Crippen MR) is 97.8 cm³/mol. The largest absolute Gasteiger partial charge is 0.353 e. The Balaban J connectivity index is 1.69. The van der Waals surface area contributed by atoms with Gasteiger partial charge in [-0.2, -0.15) is 5.26 Å². The molecule has 1 amide bonds. The zero-order valence-corrected chi connectivity index (χ0v) is 13.7. The molecule has 1 heterocycles. The fourth-order valence-electron chi connectivity index (χ4n) is 2.28. The number of nitrogens with one attached hydrogen (secondary N) is 2. The van der Waals surface area contributed by atoms with E-state index in [0.717, 1.165) is 11.3 Å². The second-order valence-corrected chi connectivity index (χ2v) is 5.53. The molecular weight excluding hydrogens is 312 g/mol. The average Bonchev–Trinajstić information content (AvgIpc) is 2.64. The quantitative estimate of drug-likeness (QED) is 0.750. The first-order valence-electron chi connectivity index (χ1n) is 7.76. The SMILES string of the molecule is Cc1ccc(C(=O)Nc2ccc(Nc3ccccc3C#N)cn2)cc1. The van der Waals surface area contributed by atoms with Crippen molar-refractivity contribution < 1.29 is 4.79 Å². The molecule has 2 N–H and O–H groups in total. The zero-order valence-electron chi connectivity index (χ0n) is 13.7. The van der Waals surface area contributed by atoms with Crippen molar-refractivity contribution in [3.63, 3.8) is 0 Å². The summed E-state index contributed by atoms with van der Waals surface area (Å²) in [6.07, 6.45) is 1.61. The van der Waals surface area contributed by atoms with Crippen LogP contribution >= 0.6 is 0 Å². The molecule has 122 valence electrons. The molecule has 1 aromatic heterocycles. The Bertz CT molecular complexity index is 925. The van der Waals surface area contributed by atoms with E-state index in [1.807, 2.05) is 37.3 Å². The molecule has 0 aliphatic heterocycles. The first-order valence-corrected chi connectivity index (χ1v) is 7.76. The maximum absolute atomic E-state index is 12.2. The number of benzene rings is 2. The average molecular weight is 328 g/mol. The number of aryl methyl sites for hydroxylation is 1. The summed E-state index contributed by atoms with van der Waals surface area (Å²) < 4.78 is 0. The van der Waals surface area contributed by atoms with Gasteiger partial charge in [-0.05, 0) is 43.3 Å². The van der Waals surface area contributed by atoms with Crippen LogP contribution in [0.25, 0.3) is 0 Å². The van der Waals surface area contributed by atoms with E-state index in [2.05, 4.69) is 21.7 Å². The van der Waals surface area contributed by atoms with Gasteiger partial charge in [0.2, 0.25) is 0 Å². The molecule has 2 aromatic carbocycles. The number of para-hydroxylation sites is 1. The lowest BCUT2D eigenvalue weighted by molar-refractivity contribution is 0.102. The third-order valence-corrected chi connectivity index (χ3v) is 3.65. The first-order chi connectivity index (χ1) is 12.2. The fraction of sp³-hybridized carbons (Fsp3) is 0.0500. The molecule has 0 bridgehead atoms. The molecule has 25 heavy (non-hydrogen) atoms. The monoisotopic (exact) mass is 328 g/mol. The minimum absolute atomic E-state index is 0.206. The molecule has 0 atom stereocenters. The van der Waals surface area contributed by atoms with Gasteiger partial charge in [-0.1, -0.05) is 29.8 Å². The highest BCUT2D eigenvalue weighted by Gasteiger charge is 2.07. The molecular formula is C20H16N4O. The van der Waals surface area contributed by atoms with E-state index in [1.165, 1.54) is 0 Å². The lowest BCUT2D eigenvalue weighted by atomic mass is 10.1. The van der Waals surface area contributed by atoms with E-state index in [0.29, 0.717) is 22.6 Å². The molecule has 0 aliphatic carbocycles. The Hall–Kier alpha value is -3.65. The summed E-state index contributed by atoms with van der Waals surface area (Å²) in [4.78, 5) is 16.4. The van der Waals surface area contributed by atoms with Gasteiger partial charge in [0, 0.05) is 5.56 Å². The molecule has 0 unspecified atom stereocenters. The molecule has 0 saturated heterocycles. The van der Waals surface area contributed by atoms with E-state index in [9.17, 15) is 4.79 Å². The van der Waals surface area contributed by atoms with Gasteiger partial charge < -0.3 is 10.6 Å². The number of hydrogen-bond donors (Lipinski definition) is 2. The highest BCUT2D eigenvalue weighted by molar-refractivity contribution is 6.03. The molecule has 0 saturated carbocycles. The Morgan fingerprint density at radius 1 is 1.04 bits per heavy atom. The van der Waals surface area contributed by atoms with Crippen molar-refractivity contribution in [2.45, 2.75) is 6.92 Å². The Morgan fingerprint density at radius 2 is 1.80 bits per heavy atom. The van der Waals surface area contributed by atoms with Crippen LogP contribution in [0.1, 0.15) is 21.5 Å². The van der Waals surface area contributed by atoms with Crippen LogP contribution < -0.4 is 10.6 Å². The number of amides is 1. The summed E-state index contributed by atoms with van der Waals surface area (Å²) in [5.74, 6) is 0.257. The minimum Gasteiger partial charge on any atom is -0.353 e. The number of nitrogens with zero attached hydrogens (tertiary/aromatic N) is 2. The summed E-state index contributed by atoms with van der Waals surface area (Å²) in [7, 11) is 0. The summed E-state index contributed by atoms with van der Waals surface area (Å²) >= 11 is 0. The summed E-state index contributed by atoms with van der Waals surface area (Å²) in [6, 6.07) is 20.2. The number of carbonyl (C=O) groups excluding carboxylic acids is 1. The molecule has 0 spiro atoms. The maximum atomic E-state index is 12.2. The van der Waals surface area contributed by atoms with Crippen LogP contribution in [0.15, 0.2) is 66.9 Å². The summed E-state index contributed by atoms with van der Waals surface area (Å²) in [6.45, 7) is 1.97.